The zero-order valence-electron chi connectivity index (χ0n) is 8.24. The monoisotopic (exact) mass is 188 g/mol. The van der Waals surface area contributed by atoms with E-state index in [1.807, 2.05) is 19.1 Å². The summed E-state index contributed by atoms with van der Waals surface area (Å²) in [6, 6.07) is 5.31. The van der Waals surface area contributed by atoms with Crippen LogP contribution in [0.5, 0.6) is 0 Å². The summed E-state index contributed by atoms with van der Waals surface area (Å²) < 4.78 is 0. The van der Waals surface area contributed by atoms with Gasteiger partial charge in [-0.15, -0.1) is 6.42 Å². The Bertz CT molecular complexity index is 379. The molecule has 3 nitrogen and oxygen atoms in total. The number of rotatable bonds is 2. The maximum absolute atomic E-state index is 10.8. The minimum Gasteiger partial charge on any atom is -0.348 e. The van der Waals surface area contributed by atoms with E-state index in [9.17, 15) is 4.79 Å². The molecule has 14 heavy (non-hydrogen) atoms. The molecule has 0 aliphatic rings. The van der Waals surface area contributed by atoms with E-state index in [-0.39, 0.29) is 11.9 Å². The molecule has 0 saturated carbocycles. The number of terminal acetylenes is 1. The van der Waals surface area contributed by atoms with Gasteiger partial charge in [0, 0.05) is 6.92 Å². The number of aromatic nitrogens is 1. The maximum atomic E-state index is 10.8. The standard InChI is InChI=1S/C11H12N2O/c1-4-10-6-5-7-11(13-10)8(2)12-9(3)14/h1,5-8H,2-3H3,(H,12,14)/t8-/m1/s1. The van der Waals surface area contributed by atoms with Crippen LogP contribution in [0, 0.1) is 12.3 Å². The number of hydrogen-bond donors (Lipinski definition) is 1. The Morgan fingerprint density at radius 3 is 2.93 bits per heavy atom. The lowest BCUT2D eigenvalue weighted by molar-refractivity contribution is -0.119. The van der Waals surface area contributed by atoms with Gasteiger partial charge in [-0.2, -0.15) is 0 Å². The van der Waals surface area contributed by atoms with Gasteiger partial charge in [0.25, 0.3) is 0 Å². The molecule has 0 spiro atoms. The Morgan fingerprint density at radius 2 is 2.36 bits per heavy atom. The molecule has 1 aromatic rings. The van der Waals surface area contributed by atoms with Crippen molar-refractivity contribution in [2.45, 2.75) is 19.9 Å². The highest BCUT2D eigenvalue weighted by molar-refractivity contribution is 5.73. The summed E-state index contributed by atoms with van der Waals surface area (Å²) in [7, 11) is 0. The van der Waals surface area contributed by atoms with Gasteiger partial charge in [0.1, 0.15) is 5.69 Å². The minimum absolute atomic E-state index is 0.0783. The van der Waals surface area contributed by atoms with Gasteiger partial charge in [0.2, 0.25) is 5.91 Å². The molecule has 0 unspecified atom stereocenters. The molecule has 1 atom stereocenters. The summed E-state index contributed by atoms with van der Waals surface area (Å²) >= 11 is 0. The van der Waals surface area contributed by atoms with Crippen molar-refractivity contribution >= 4 is 5.91 Å². The number of carbonyl (C=O) groups is 1. The summed E-state index contributed by atoms with van der Waals surface area (Å²) in [5, 5.41) is 2.74. The third-order valence-electron chi connectivity index (χ3n) is 1.78. The number of hydrogen-bond acceptors (Lipinski definition) is 2. The van der Waals surface area contributed by atoms with Gasteiger partial charge in [-0.3, -0.25) is 4.79 Å². The topological polar surface area (TPSA) is 42.0 Å². The summed E-state index contributed by atoms with van der Waals surface area (Å²) in [5.41, 5.74) is 1.36. The van der Waals surface area contributed by atoms with Crippen LogP contribution in [0.15, 0.2) is 18.2 Å². The molecule has 1 heterocycles. The van der Waals surface area contributed by atoms with Crippen molar-refractivity contribution in [1.29, 1.82) is 0 Å². The van der Waals surface area contributed by atoms with Crippen LogP contribution in [0.25, 0.3) is 0 Å². The number of nitrogens with zero attached hydrogens (tertiary/aromatic N) is 1. The fourth-order valence-electron chi connectivity index (χ4n) is 1.15. The molecule has 0 radical (unpaired) electrons. The average molecular weight is 188 g/mol. The number of nitrogens with one attached hydrogen (secondary N) is 1. The lowest BCUT2D eigenvalue weighted by Crippen LogP contribution is -2.24. The van der Waals surface area contributed by atoms with Crippen LogP contribution < -0.4 is 5.32 Å². The first kappa shape index (κ1) is 10.3. The van der Waals surface area contributed by atoms with Crippen molar-refractivity contribution in [3.8, 4) is 12.3 Å². The quantitative estimate of drug-likeness (QED) is 0.710. The number of carbonyl (C=O) groups excluding carboxylic acids is 1. The van der Waals surface area contributed by atoms with Gasteiger partial charge < -0.3 is 5.32 Å². The summed E-state index contributed by atoms with van der Waals surface area (Å²) in [4.78, 5) is 15.0. The van der Waals surface area contributed by atoms with E-state index >= 15 is 0 Å². The van der Waals surface area contributed by atoms with E-state index in [0.29, 0.717) is 5.69 Å². The van der Waals surface area contributed by atoms with E-state index in [1.54, 1.807) is 6.07 Å². The third kappa shape index (κ3) is 2.60. The number of pyridine rings is 1. The third-order valence-corrected chi connectivity index (χ3v) is 1.78. The van der Waals surface area contributed by atoms with Gasteiger partial charge in [0.15, 0.2) is 0 Å². The highest BCUT2D eigenvalue weighted by Gasteiger charge is 2.07. The average Bonchev–Trinajstić information content (AvgIpc) is 2.17. The lowest BCUT2D eigenvalue weighted by atomic mass is 10.2. The molecule has 0 fully saturated rings. The second kappa shape index (κ2) is 4.43. The molecule has 0 aromatic carbocycles. The Balaban J connectivity index is 2.85. The van der Waals surface area contributed by atoms with Gasteiger partial charge in [-0.25, -0.2) is 4.98 Å². The zero-order chi connectivity index (χ0) is 10.6. The van der Waals surface area contributed by atoms with E-state index < -0.39 is 0 Å². The molecule has 1 amide bonds. The smallest absolute Gasteiger partial charge is 0.217 e. The highest BCUT2D eigenvalue weighted by atomic mass is 16.1. The molecule has 0 aliphatic heterocycles. The van der Waals surface area contributed by atoms with Crippen molar-refractivity contribution < 1.29 is 4.79 Å². The van der Waals surface area contributed by atoms with Crippen LogP contribution in [0.2, 0.25) is 0 Å². The highest BCUT2D eigenvalue weighted by Crippen LogP contribution is 2.09. The van der Waals surface area contributed by atoms with Crippen LogP contribution in [0.3, 0.4) is 0 Å². The van der Waals surface area contributed by atoms with E-state index in [4.69, 9.17) is 6.42 Å². The van der Waals surface area contributed by atoms with E-state index in [0.717, 1.165) is 5.69 Å². The van der Waals surface area contributed by atoms with E-state index in [2.05, 4.69) is 16.2 Å². The van der Waals surface area contributed by atoms with E-state index in [1.165, 1.54) is 6.92 Å². The molecule has 1 aromatic heterocycles. The predicted octanol–water partition coefficient (Wildman–Crippen LogP) is 1.26. The zero-order valence-corrected chi connectivity index (χ0v) is 8.24. The molecule has 3 heteroatoms. The van der Waals surface area contributed by atoms with Gasteiger partial charge in [-0.05, 0) is 19.1 Å². The van der Waals surface area contributed by atoms with Crippen molar-refractivity contribution in [2.24, 2.45) is 0 Å². The SMILES string of the molecule is C#Cc1cccc([C@@H](C)NC(C)=O)n1. The summed E-state index contributed by atoms with van der Waals surface area (Å²) in [6.07, 6.45) is 5.22. The maximum Gasteiger partial charge on any atom is 0.217 e. The summed E-state index contributed by atoms with van der Waals surface area (Å²) in [5.74, 6) is 2.37. The second-order valence-electron chi connectivity index (χ2n) is 3.01. The normalized spacial score (nSPS) is 11.5. The Labute approximate surface area is 83.6 Å². The molecule has 0 aliphatic carbocycles. The van der Waals surface area contributed by atoms with Crippen LogP contribution in [-0.2, 0) is 4.79 Å². The predicted molar refractivity (Wildman–Crippen MR) is 54.4 cm³/mol. The first-order chi connectivity index (χ1) is 6.63. The molecular formula is C11H12N2O. The Morgan fingerprint density at radius 1 is 1.64 bits per heavy atom. The van der Waals surface area contributed by atoms with Crippen LogP contribution in [0.4, 0.5) is 0 Å². The lowest BCUT2D eigenvalue weighted by Gasteiger charge is -2.11. The fourth-order valence-corrected chi connectivity index (χ4v) is 1.15. The van der Waals surface area contributed by atoms with Crippen molar-refractivity contribution in [3.63, 3.8) is 0 Å². The number of amides is 1. The molecule has 0 saturated heterocycles. The molecule has 1 N–H and O–H groups in total. The van der Waals surface area contributed by atoms with Gasteiger partial charge >= 0.3 is 0 Å². The largest absolute Gasteiger partial charge is 0.348 e. The Hall–Kier alpha value is -1.82. The fraction of sp³-hybridized carbons (Fsp3) is 0.273. The first-order valence-electron chi connectivity index (χ1n) is 4.34. The first-order valence-corrected chi connectivity index (χ1v) is 4.34. The van der Waals surface area contributed by atoms with Gasteiger partial charge in [0.05, 0.1) is 11.7 Å². The molecule has 1 rings (SSSR count). The second-order valence-corrected chi connectivity index (χ2v) is 3.01. The van der Waals surface area contributed by atoms with Crippen LogP contribution in [0.1, 0.15) is 31.3 Å². The molecular weight excluding hydrogens is 176 g/mol. The van der Waals surface area contributed by atoms with Crippen molar-refractivity contribution in [2.75, 3.05) is 0 Å². The van der Waals surface area contributed by atoms with Crippen molar-refractivity contribution in [3.05, 3.63) is 29.6 Å². The minimum atomic E-state index is -0.110. The molecule has 72 valence electrons. The molecule has 0 bridgehead atoms. The van der Waals surface area contributed by atoms with Gasteiger partial charge in [-0.1, -0.05) is 12.0 Å². The van der Waals surface area contributed by atoms with Crippen LogP contribution in [-0.4, -0.2) is 10.9 Å². The van der Waals surface area contributed by atoms with Crippen molar-refractivity contribution in [1.82, 2.24) is 10.3 Å². The van der Waals surface area contributed by atoms with Crippen LogP contribution >= 0.6 is 0 Å². The summed E-state index contributed by atoms with van der Waals surface area (Å²) in [6.45, 7) is 3.34. The Kier molecular flexibility index (Phi) is 3.24.